The number of rotatable bonds is 4. The quantitative estimate of drug-likeness (QED) is 0.627. The van der Waals surface area contributed by atoms with Crippen LogP contribution in [0.5, 0.6) is 0 Å². The average Bonchev–Trinajstić information content (AvgIpc) is 1.64. The smallest absolute Gasteiger partial charge is 0.249 e. The summed E-state index contributed by atoms with van der Waals surface area (Å²) in [7, 11) is 0. The lowest BCUT2D eigenvalue weighted by Gasteiger charge is -2.12. The van der Waals surface area contributed by atoms with Gasteiger partial charge in [0.15, 0.2) is 0 Å². The summed E-state index contributed by atoms with van der Waals surface area (Å²) in [6.45, 7) is 1.82. The molecule has 0 rings (SSSR count). The minimum Gasteiger partial charge on any atom is -0.330 e. The molecule has 0 aliphatic heterocycles. The van der Waals surface area contributed by atoms with Crippen LogP contribution in [0.15, 0.2) is 0 Å². The molecule has 0 bridgehead atoms. The van der Waals surface area contributed by atoms with Crippen molar-refractivity contribution >= 4 is 0 Å². The van der Waals surface area contributed by atoms with Crippen molar-refractivity contribution in [2.75, 3.05) is 6.54 Å². The van der Waals surface area contributed by atoms with Crippen LogP contribution in [0.2, 0.25) is 0 Å². The van der Waals surface area contributed by atoms with Crippen molar-refractivity contribution in [3.63, 3.8) is 0 Å². The summed E-state index contributed by atoms with van der Waals surface area (Å²) in [4.78, 5) is 0. The Bertz CT molecular complexity index is 65.5. The highest BCUT2D eigenvalue weighted by atomic mass is 19.3. The fourth-order valence-electron chi connectivity index (χ4n) is 0.702. The maximum Gasteiger partial charge on any atom is 0.249 e. The second-order valence-electron chi connectivity index (χ2n) is 2.14. The molecule has 0 aliphatic rings. The van der Waals surface area contributed by atoms with Gasteiger partial charge < -0.3 is 5.73 Å². The van der Waals surface area contributed by atoms with Crippen LogP contribution in [0.3, 0.4) is 0 Å². The van der Waals surface area contributed by atoms with Crippen LogP contribution >= 0.6 is 0 Å². The zero-order valence-corrected chi connectivity index (χ0v) is 5.66. The molecule has 0 saturated heterocycles. The van der Waals surface area contributed by atoms with E-state index in [1.54, 1.807) is 6.92 Å². The van der Waals surface area contributed by atoms with Crippen molar-refractivity contribution in [3.8, 4) is 0 Å². The monoisotopic (exact) mass is 137 g/mol. The molecule has 0 saturated carbocycles. The Morgan fingerprint density at radius 1 is 1.33 bits per heavy atom. The first kappa shape index (κ1) is 8.82. The van der Waals surface area contributed by atoms with Gasteiger partial charge in [-0.3, -0.25) is 0 Å². The Morgan fingerprint density at radius 3 is 2.22 bits per heavy atom. The number of nitrogens with two attached hydrogens (primary N) is 1. The van der Waals surface area contributed by atoms with Gasteiger partial charge in [-0.1, -0.05) is 13.3 Å². The van der Waals surface area contributed by atoms with Crippen LogP contribution < -0.4 is 5.73 Å². The highest BCUT2D eigenvalue weighted by Gasteiger charge is 2.25. The minimum absolute atomic E-state index is 0.0375. The Kier molecular flexibility index (Phi) is 3.70. The molecule has 0 spiro atoms. The van der Waals surface area contributed by atoms with Crippen molar-refractivity contribution in [2.24, 2.45) is 5.73 Å². The van der Waals surface area contributed by atoms with Gasteiger partial charge in [-0.2, -0.15) is 0 Å². The molecule has 0 atom stereocenters. The Labute approximate surface area is 54.2 Å². The second-order valence-corrected chi connectivity index (χ2v) is 2.14. The lowest BCUT2D eigenvalue weighted by molar-refractivity contribution is -0.0142. The summed E-state index contributed by atoms with van der Waals surface area (Å²) in [6, 6.07) is 0. The predicted octanol–water partition coefficient (Wildman–Crippen LogP) is 1.77. The lowest BCUT2D eigenvalue weighted by atomic mass is 10.1. The number of hydrogen-bond acceptors (Lipinski definition) is 1. The Morgan fingerprint density at radius 2 is 1.89 bits per heavy atom. The van der Waals surface area contributed by atoms with Gasteiger partial charge in [-0.15, -0.1) is 0 Å². The van der Waals surface area contributed by atoms with Gasteiger partial charge in [0.25, 0.3) is 0 Å². The highest BCUT2D eigenvalue weighted by molar-refractivity contribution is 4.64. The molecular weight excluding hydrogens is 124 g/mol. The molecule has 0 aliphatic carbocycles. The van der Waals surface area contributed by atoms with E-state index in [0.29, 0.717) is 6.42 Å². The Balaban J connectivity index is 3.43. The van der Waals surface area contributed by atoms with Crippen LogP contribution in [0.1, 0.15) is 26.2 Å². The molecule has 3 heteroatoms. The van der Waals surface area contributed by atoms with Crippen molar-refractivity contribution in [1.29, 1.82) is 0 Å². The summed E-state index contributed by atoms with van der Waals surface area (Å²) in [5.74, 6) is -2.52. The van der Waals surface area contributed by atoms with E-state index in [2.05, 4.69) is 0 Å². The molecule has 1 nitrogen and oxygen atoms in total. The van der Waals surface area contributed by atoms with E-state index < -0.39 is 5.92 Å². The first-order valence-electron chi connectivity index (χ1n) is 3.20. The van der Waals surface area contributed by atoms with Crippen molar-refractivity contribution in [3.05, 3.63) is 0 Å². The number of alkyl halides is 2. The summed E-state index contributed by atoms with van der Waals surface area (Å²) in [5, 5.41) is 0. The summed E-state index contributed by atoms with van der Waals surface area (Å²) < 4.78 is 24.7. The summed E-state index contributed by atoms with van der Waals surface area (Å²) >= 11 is 0. The first-order valence-corrected chi connectivity index (χ1v) is 3.20. The van der Waals surface area contributed by atoms with Crippen molar-refractivity contribution < 1.29 is 8.78 Å². The topological polar surface area (TPSA) is 26.0 Å². The van der Waals surface area contributed by atoms with Crippen LogP contribution in [0.25, 0.3) is 0 Å². The van der Waals surface area contributed by atoms with E-state index >= 15 is 0 Å². The van der Waals surface area contributed by atoms with Crippen LogP contribution in [0, 0.1) is 0 Å². The van der Waals surface area contributed by atoms with Crippen molar-refractivity contribution in [1.82, 2.24) is 0 Å². The third-order valence-electron chi connectivity index (χ3n) is 1.13. The largest absolute Gasteiger partial charge is 0.330 e. The normalized spacial score (nSPS) is 12.0. The van der Waals surface area contributed by atoms with Gasteiger partial charge in [-0.05, 0) is 6.54 Å². The SMILES string of the molecule is CCCC(F)(F)CCN. The van der Waals surface area contributed by atoms with Gasteiger partial charge in [0.1, 0.15) is 0 Å². The molecule has 0 amide bonds. The van der Waals surface area contributed by atoms with Gasteiger partial charge in [0.2, 0.25) is 5.92 Å². The second kappa shape index (κ2) is 3.77. The highest BCUT2D eigenvalue weighted by Crippen LogP contribution is 2.22. The fourth-order valence-corrected chi connectivity index (χ4v) is 0.702. The first-order chi connectivity index (χ1) is 4.12. The molecule has 0 heterocycles. The van der Waals surface area contributed by atoms with Crippen molar-refractivity contribution in [2.45, 2.75) is 32.1 Å². The van der Waals surface area contributed by atoms with Gasteiger partial charge in [-0.25, -0.2) is 8.78 Å². The third kappa shape index (κ3) is 4.33. The van der Waals surface area contributed by atoms with Gasteiger partial charge in [0.05, 0.1) is 0 Å². The van der Waals surface area contributed by atoms with E-state index in [4.69, 9.17) is 5.73 Å². The molecule has 0 radical (unpaired) electrons. The van der Waals surface area contributed by atoms with E-state index in [-0.39, 0.29) is 19.4 Å². The van der Waals surface area contributed by atoms with Crippen LogP contribution in [-0.4, -0.2) is 12.5 Å². The third-order valence-corrected chi connectivity index (χ3v) is 1.13. The maximum atomic E-state index is 12.3. The molecule has 0 aromatic heterocycles. The molecule has 0 fully saturated rings. The van der Waals surface area contributed by atoms with E-state index in [0.717, 1.165) is 0 Å². The number of hydrogen-bond donors (Lipinski definition) is 1. The maximum absolute atomic E-state index is 12.3. The zero-order valence-electron chi connectivity index (χ0n) is 5.66. The molecule has 9 heavy (non-hydrogen) atoms. The standard InChI is InChI=1S/C6H13F2N/c1-2-3-6(7,8)4-5-9/h2-5,9H2,1H3. The zero-order chi connectivity index (χ0) is 7.33. The molecule has 0 unspecified atom stereocenters. The lowest BCUT2D eigenvalue weighted by Crippen LogP contribution is -2.20. The molecular formula is C6H13F2N. The van der Waals surface area contributed by atoms with E-state index in [9.17, 15) is 8.78 Å². The Hall–Kier alpha value is -0.180. The van der Waals surface area contributed by atoms with Gasteiger partial charge in [0, 0.05) is 12.8 Å². The summed E-state index contributed by atoms with van der Waals surface area (Å²) in [5.41, 5.74) is 4.96. The van der Waals surface area contributed by atoms with Crippen LogP contribution in [0.4, 0.5) is 8.78 Å². The van der Waals surface area contributed by atoms with E-state index in [1.807, 2.05) is 0 Å². The molecule has 0 aromatic carbocycles. The van der Waals surface area contributed by atoms with E-state index in [1.165, 1.54) is 0 Å². The van der Waals surface area contributed by atoms with Gasteiger partial charge >= 0.3 is 0 Å². The predicted molar refractivity (Wildman–Crippen MR) is 33.5 cm³/mol. The fraction of sp³-hybridized carbons (Fsp3) is 1.00. The van der Waals surface area contributed by atoms with Crippen LogP contribution in [-0.2, 0) is 0 Å². The number of halogens is 2. The average molecular weight is 137 g/mol. The molecule has 0 aromatic rings. The summed E-state index contributed by atoms with van der Waals surface area (Å²) in [6.07, 6.45) is 0.304. The molecule has 56 valence electrons. The minimum atomic E-state index is -2.52. The molecule has 2 N–H and O–H groups in total.